The first-order valence-electron chi connectivity index (χ1n) is 3.66. The normalized spacial score (nSPS) is 16.4. The molecule has 0 heterocycles. The summed E-state index contributed by atoms with van der Waals surface area (Å²) < 4.78 is 10.5. The van der Waals surface area contributed by atoms with Crippen LogP contribution >= 0.6 is 25.3 Å². The van der Waals surface area contributed by atoms with Crippen molar-refractivity contribution in [2.45, 2.75) is 19.1 Å². The van der Waals surface area contributed by atoms with Crippen LogP contribution in [-0.4, -0.2) is 37.4 Å². The van der Waals surface area contributed by atoms with E-state index < -0.39 is 0 Å². The van der Waals surface area contributed by atoms with Crippen LogP contribution in [0.1, 0.15) is 6.92 Å². The predicted molar refractivity (Wildman–Crippen MR) is 53.9 cm³/mol. The van der Waals surface area contributed by atoms with Gasteiger partial charge in [-0.15, -0.1) is 0 Å². The van der Waals surface area contributed by atoms with E-state index in [0.717, 1.165) is 0 Å². The zero-order valence-corrected chi connectivity index (χ0v) is 8.78. The van der Waals surface area contributed by atoms with Crippen LogP contribution in [0.2, 0.25) is 0 Å². The molecule has 4 heteroatoms. The Morgan fingerprint density at radius 1 is 1.18 bits per heavy atom. The van der Waals surface area contributed by atoms with Gasteiger partial charge >= 0.3 is 0 Å². The second-order valence-corrected chi connectivity index (χ2v) is 2.86. The summed E-state index contributed by atoms with van der Waals surface area (Å²) in [6.07, 6.45) is 0.113. The van der Waals surface area contributed by atoms with Crippen molar-refractivity contribution in [3.8, 4) is 0 Å². The fraction of sp³-hybridized carbons (Fsp3) is 1.00. The molecular weight excluding hydrogens is 180 g/mol. The molecule has 0 aromatic rings. The standard InChI is InChI=1S/C7H16O2S2/c1-3-9-7(5-11)6(4-10)8-2/h6-7,10-11H,3-5H2,1-2H3. The van der Waals surface area contributed by atoms with Crippen LogP contribution < -0.4 is 0 Å². The van der Waals surface area contributed by atoms with E-state index in [9.17, 15) is 0 Å². The maximum absolute atomic E-state index is 5.38. The van der Waals surface area contributed by atoms with Crippen molar-refractivity contribution >= 4 is 25.3 Å². The monoisotopic (exact) mass is 196 g/mol. The number of hydrogen-bond donors (Lipinski definition) is 2. The third kappa shape index (κ3) is 4.25. The molecule has 0 saturated heterocycles. The van der Waals surface area contributed by atoms with Gasteiger partial charge in [0.2, 0.25) is 0 Å². The highest BCUT2D eigenvalue weighted by molar-refractivity contribution is 7.80. The highest BCUT2D eigenvalue weighted by Crippen LogP contribution is 2.06. The fourth-order valence-corrected chi connectivity index (χ4v) is 1.56. The Balaban J connectivity index is 3.76. The summed E-state index contributed by atoms with van der Waals surface area (Å²) in [5.41, 5.74) is 0. The topological polar surface area (TPSA) is 18.5 Å². The quantitative estimate of drug-likeness (QED) is 0.623. The van der Waals surface area contributed by atoms with E-state index in [1.807, 2.05) is 6.92 Å². The zero-order chi connectivity index (χ0) is 8.69. The molecule has 0 amide bonds. The largest absolute Gasteiger partial charge is 0.378 e. The molecule has 0 fully saturated rings. The van der Waals surface area contributed by atoms with E-state index in [1.54, 1.807) is 7.11 Å². The number of methoxy groups -OCH3 is 1. The summed E-state index contributed by atoms with van der Waals surface area (Å²) in [4.78, 5) is 0. The molecule has 0 radical (unpaired) electrons. The van der Waals surface area contributed by atoms with Crippen LogP contribution in [0.5, 0.6) is 0 Å². The molecule has 0 saturated carbocycles. The van der Waals surface area contributed by atoms with Crippen molar-refractivity contribution in [1.29, 1.82) is 0 Å². The van der Waals surface area contributed by atoms with Crippen LogP contribution in [-0.2, 0) is 9.47 Å². The lowest BCUT2D eigenvalue weighted by Gasteiger charge is -2.22. The number of hydrogen-bond acceptors (Lipinski definition) is 4. The molecule has 0 rings (SSSR count). The number of ether oxygens (including phenoxy) is 2. The molecule has 68 valence electrons. The molecule has 2 atom stereocenters. The molecule has 0 aromatic carbocycles. The van der Waals surface area contributed by atoms with Crippen LogP contribution in [0.3, 0.4) is 0 Å². The van der Waals surface area contributed by atoms with Gasteiger partial charge in [0.05, 0.1) is 12.2 Å². The third-order valence-electron chi connectivity index (χ3n) is 1.46. The lowest BCUT2D eigenvalue weighted by molar-refractivity contribution is -0.0284. The van der Waals surface area contributed by atoms with Gasteiger partial charge in [-0.05, 0) is 6.92 Å². The maximum atomic E-state index is 5.38. The van der Waals surface area contributed by atoms with E-state index in [1.165, 1.54) is 0 Å². The minimum atomic E-state index is 0.0517. The lowest BCUT2D eigenvalue weighted by Crippen LogP contribution is -2.33. The average molecular weight is 196 g/mol. The van der Waals surface area contributed by atoms with Crippen molar-refractivity contribution in [3.63, 3.8) is 0 Å². The zero-order valence-electron chi connectivity index (χ0n) is 6.99. The summed E-state index contributed by atoms with van der Waals surface area (Å²) in [6, 6.07) is 0. The maximum Gasteiger partial charge on any atom is 0.0931 e. The molecule has 0 aliphatic carbocycles. The van der Waals surface area contributed by atoms with Crippen molar-refractivity contribution in [2.24, 2.45) is 0 Å². The van der Waals surface area contributed by atoms with E-state index >= 15 is 0 Å². The summed E-state index contributed by atoms with van der Waals surface area (Å²) in [6.45, 7) is 2.65. The van der Waals surface area contributed by atoms with Gasteiger partial charge in [0.1, 0.15) is 0 Å². The first kappa shape index (κ1) is 11.6. The fourth-order valence-electron chi connectivity index (χ4n) is 0.836. The molecule has 2 unspecified atom stereocenters. The Kier molecular flexibility index (Phi) is 7.69. The Hall–Kier alpha value is 0.620. The van der Waals surface area contributed by atoms with E-state index in [2.05, 4.69) is 25.3 Å². The molecule has 2 nitrogen and oxygen atoms in total. The van der Waals surface area contributed by atoms with Gasteiger partial charge in [-0.3, -0.25) is 0 Å². The molecule has 0 aromatic heterocycles. The van der Waals surface area contributed by atoms with Gasteiger partial charge in [-0.2, -0.15) is 25.3 Å². The Bertz CT molecular complexity index is 86.5. The lowest BCUT2D eigenvalue weighted by atomic mass is 10.2. The first-order valence-corrected chi connectivity index (χ1v) is 4.92. The van der Waals surface area contributed by atoms with Crippen LogP contribution in [0.15, 0.2) is 0 Å². The third-order valence-corrected chi connectivity index (χ3v) is 2.18. The van der Waals surface area contributed by atoms with Gasteiger partial charge in [0.15, 0.2) is 0 Å². The van der Waals surface area contributed by atoms with Crippen molar-refractivity contribution in [3.05, 3.63) is 0 Å². The van der Waals surface area contributed by atoms with Crippen molar-refractivity contribution in [1.82, 2.24) is 0 Å². The van der Waals surface area contributed by atoms with Crippen molar-refractivity contribution < 1.29 is 9.47 Å². The van der Waals surface area contributed by atoms with Gasteiger partial charge < -0.3 is 9.47 Å². The second-order valence-electron chi connectivity index (χ2n) is 2.13. The predicted octanol–water partition coefficient (Wildman–Crippen LogP) is 1.27. The Labute approximate surface area is 79.5 Å². The van der Waals surface area contributed by atoms with Gasteiger partial charge in [0, 0.05) is 25.2 Å². The summed E-state index contributed by atoms with van der Waals surface area (Å²) in [5, 5.41) is 0. The Morgan fingerprint density at radius 3 is 2.00 bits per heavy atom. The highest BCUT2D eigenvalue weighted by Gasteiger charge is 2.18. The van der Waals surface area contributed by atoms with Crippen LogP contribution in [0.25, 0.3) is 0 Å². The molecule has 0 aliphatic rings. The average Bonchev–Trinajstić information content (AvgIpc) is 2.05. The second kappa shape index (κ2) is 7.28. The smallest absolute Gasteiger partial charge is 0.0931 e. The summed E-state index contributed by atoms with van der Waals surface area (Å²) in [7, 11) is 1.66. The molecule has 0 bridgehead atoms. The number of rotatable bonds is 6. The molecule has 0 spiro atoms. The molecule has 0 aliphatic heterocycles. The van der Waals surface area contributed by atoms with Crippen LogP contribution in [0.4, 0.5) is 0 Å². The SMILES string of the molecule is CCOC(CS)C(CS)OC. The molecular formula is C7H16O2S2. The van der Waals surface area contributed by atoms with E-state index in [4.69, 9.17) is 9.47 Å². The molecule has 11 heavy (non-hydrogen) atoms. The van der Waals surface area contributed by atoms with Gasteiger partial charge in [0.25, 0.3) is 0 Å². The summed E-state index contributed by atoms with van der Waals surface area (Å²) >= 11 is 8.30. The van der Waals surface area contributed by atoms with Crippen LogP contribution in [0, 0.1) is 0 Å². The minimum absolute atomic E-state index is 0.0517. The van der Waals surface area contributed by atoms with Gasteiger partial charge in [-0.1, -0.05) is 0 Å². The summed E-state index contributed by atoms with van der Waals surface area (Å²) in [5.74, 6) is 1.34. The Morgan fingerprint density at radius 2 is 1.73 bits per heavy atom. The highest BCUT2D eigenvalue weighted by atomic mass is 32.1. The first-order chi connectivity index (χ1) is 5.29. The number of thiol groups is 2. The van der Waals surface area contributed by atoms with E-state index in [-0.39, 0.29) is 12.2 Å². The molecule has 0 N–H and O–H groups in total. The minimum Gasteiger partial charge on any atom is -0.378 e. The van der Waals surface area contributed by atoms with E-state index in [0.29, 0.717) is 18.1 Å². The van der Waals surface area contributed by atoms with Crippen molar-refractivity contribution in [2.75, 3.05) is 25.2 Å². The van der Waals surface area contributed by atoms with Gasteiger partial charge in [-0.25, -0.2) is 0 Å².